The minimum Gasteiger partial charge on any atom is -0.726 e. The van der Waals surface area contributed by atoms with Gasteiger partial charge in [-0.3, -0.25) is 4.18 Å². The van der Waals surface area contributed by atoms with Gasteiger partial charge in [0.1, 0.15) is 0 Å². The molecule has 0 spiro atoms. The molecule has 1 aromatic rings. The Labute approximate surface area is 133 Å². The molecule has 0 heterocycles. The van der Waals surface area contributed by atoms with E-state index in [4.69, 9.17) is 0 Å². The summed E-state index contributed by atoms with van der Waals surface area (Å²) in [4.78, 5) is 0. The second-order valence-corrected chi connectivity index (χ2v) is 3.19. The first-order chi connectivity index (χ1) is 6.56. The minimum atomic E-state index is -4.51. The van der Waals surface area contributed by atoms with Gasteiger partial charge in [0.05, 0.1) is 6.61 Å². The molecule has 0 atom stereocenters. The second-order valence-electron chi connectivity index (χ2n) is 2.14. The third kappa shape index (κ3) is 17.1. The molecule has 0 amide bonds. The van der Waals surface area contributed by atoms with Crippen molar-refractivity contribution >= 4 is 10.4 Å². The van der Waals surface area contributed by atoms with Crippen LogP contribution >= 0.6 is 0 Å². The largest absolute Gasteiger partial charge is 1.00 e. The second kappa shape index (κ2) is 11.0. The maximum Gasteiger partial charge on any atom is 1.00 e. The van der Waals surface area contributed by atoms with Crippen molar-refractivity contribution in [2.45, 2.75) is 0 Å². The van der Waals surface area contributed by atoms with Gasteiger partial charge in [-0.15, -0.1) is 6.58 Å². The Balaban J connectivity index is 0. The fourth-order valence-corrected chi connectivity index (χ4v) is 0.779. The van der Waals surface area contributed by atoms with Crippen molar-refractivity contribution in [1.82, 2.24) is 0 Å². The third-order valence-corrected chi connectivity index (χ3v) is 1.42. The number of rotatable bonds is 3. The number of hydrogen-bond donors (Lipinski definition) is 0. The van der Waals surface area contributed by atoms with Crippen LogP contribution in [-0.4, -0.2) is 19.6 Å². The van der Waals surface area contributed by atoms with Gasteiger partial charge >= 0.3 is 51.4 Å². The van der Waals surface area contributed by atoms with Gasteiger partial charge in [0.15, 0.2) is 0 Å². The van der Waals surface area contributed by atoms with E-state index in [1.807, 2.05) is 36.4 Å². The molecule has 6 heteroatoms. The number of benzene rings is 1. The van der Waals surface area contributed by atoms with Gasteiger partial charge < -0.3 is 4.55 Å². The molecule has 0 saturated carbocycles. The first-order valence-corrected chi connectivity index (χ1v) is 5.11. The van der Waals surface area contributed by atoms with Crippen LogP contribution in [0.25, 0.3) is 0 Å². The van der Waals surface area contributed by atoms with Crippen molar-refractivity contribution in [2.75, 3.05) is 6.61 Å². The van der Waals surface area contributed by atoms with Crippen LogP contribution in [0.1, 0.15) is 0 Å². The van der Waals surface area contributed by atoms with Crippen LogP contribution in [0.15, 0.2) is 49.1 Å². The first kappa shape index (κ1) is 17.8. The molecule has 0 unspecified atom stereocenters. The Kier molecular flexibility index (Phi) is 13.0. The first-order valence-electron chi connectivity index (χ1n) is 3.77. The minimum absolute atomic E-state index is 0. The molecule has 0 aliphatic heterocycles. The summed E-state index contributed by atoms with van der Waals surface area (Å²) in [6.45, 7) is 2.88. The molecule has 1 aromatic carbocycles. The van der Waals surface area contributed by atoms with Gasteiger partial charge in [-0.1, -0.05) is 42.5 Å². The Bertz CT molecular complexity index is 310. The molecule has 0 aromatic heterocycles. The Morgan fingerprint density at radius 3 is 1.60 bits per heavy atom. The van der Waals surface area contributed by atoms with Crippen LogP contribution in [-0.2, 0) is 14.6 Å². The summed E-state index contributed by atoms with van der Waals surface area (Å²) in [5.41, 5.74) is 0. The van der Waals surface area contributed by atoms with Crippen molar-refractivity contribution in [2.24, 2.45) is 0 Å². The Morgan fingerprint density at radius 2 is 1.47 bits per heavy atom. The van der Waals surface area contributed by atoms with Gasteiger partial charge in [0, 0.05) is 0 Å². The third-order valence-electron chi connectivity index (χ3n) is 0.997. The molecule has 15 heavy (non-hydrogen) atoms. The maximum atomic E-state index is 9.56. The summed E-state index contributed by atoms with van der Waals surface area (Å²) >= 11 is 0. The van der Waals surface area contributed by atoms with E-state index in [1.54, 1.807) is 0 Å². The van der Waals surface area contributed by atoms with Gasteiger partial charge in [0.2, 0.25) is 10.4 Å². The van der Waals surface area contributed by atoms with E-state index >= 15 is 0 Å². The van der Waals surface area contributed by atoms with E-state index in [9.17, 15) is 13.0 Å². The topological polar surface area (TPSA) is 66.4 Å². The smallest absolute Gasteiger partial charge is 0.726 e. The van der Waals surface area contributed by atoms with E-state index in [-0.39, 0.29) is 58.0 Å². The summed E-state index contributed by atoms with van der Waals surface area (Å²) in [5.74, 6) is 0. The van der Waals surface area contributed by atoms with Crippen LogP contribution in [0, 0.1) is 0 Å². The van der Waals surface area contributed by atoms with E-state index in [1.165, 1.54) is 6.08 Å². The predicted octanol–water partition coefficient (Wildman–Crippen LogP) is -1.66. The number of hydrogen-bond acceptors (Lipinski definition) is 4. The Hall–Kier alpha value is 0.466. The van der Waals surface area contributed by atoms with E-state index in [0.29, 0.717) is 0 Å². The van der Waals surface area contributed by atoms with E-state index in [2.05, 4.69) is 10.8 Å². The van der Waals surface area contributed by atoms with Gasteiger partial charge in [-0.05, 0) is 0 Å². The Morgan fingerprint density at radius 1 is 1.13 bits per heavy atom. The predicted molar refractivity (Wildman–Crippen MR) is 52.3 cm³/mol. The van der Waals surface area contributed by atoms with Crippen molar-refractivity contribution in [3.63, 3.8) is 0 Å². The summed E-state index contributed by atoms with van der Waals surface area (Å²) in [5, 5.41) is 0. The summed E-state index contributed by atoms with van der Waals surface area (Å²) in [6, 6.07) is 12.0. The quantitative estimate of drug-likeness (QED) is 0.280. The molecular weight excluding hydrogens is 243 g/mol. The molecule has 0 fully saturated rings. The monoisotopic (exact) mass is 254 g/mol. The summed E-state index contributed by atoms with van der Waals surface area (Å²) in [7, 11) is -4.51. The van der Waals surface area contributed by atoms with E-state index in [0.717, 1.165) is 0 Å². The molecule has 0 N–H and O–H groups in total. The van der Waals surface area contributed by atoms with Crippen molar-refractivity contribution in [1.29, 1.82) is 0 Å². The fraction of sp³-hybridized carbons (Fsp3) is 0.111. The van der Waals surface area contributed by atoms with Gasteiger partial charge in [-0.25, -0.2) is 8.42 Å². The van der Waals surface area contributed by atoms with Crippen molar-refractivity contribution < 1.29 is 68.5 Å². The van der Waals surface area contributed by atoms with Crippen LogP contribution in [0.3, 0.4) is 0 Å². The van der Waals surface area contributed by atoms with Crippen LogP contribution in [0.5, 0.6) is 0 Å². The van der Waals surface area contributed by atoms with Gasteiger partial charge in [-0.2, -0.15) is 0 Å². The van der Waals surface area contributed by atoms with Crippen LogP contribution in [0.2, 0.25) is 0 Å². The molecule has 0 saturated heterocycles. The molecule has 0 bridgehead atoms. The summed E-state index contributed by atoms with van der Waals surface area (Å²) < 4.78 is 32.4. The molecule has 4 nitrogen and oxygen atoms in total. The fourth-order valence-electron chi connectivity index (χ4n) is 0.516. The molecule has 0 aliphatic carbocycles. The molecule has 78 valence electrons. The molecule has 0 aliphatic rings. The zero-order valence-corrected chi connectivity index (χ0v) is 12.4. The maximum absolute atomic E-state index is 9.56. The average molecular weight is 254 g/mol. The SMILES string of the molecule is C=CCOS(=O)(=O)[O-].[K+].c1ccccc1. The molecular formula is C9H11KO4S. The van der Waals surface area contributed by atoms with Crippen LogP contribution in [0.4, 0.5) is 0 Å². The van der Waals surface area contributed by atoms with Gasteiger partial charge in [0.25, 0.3) is 0 Å². The normalized spacial score (nSPS) is 9.13. The summed E-state index contributed by atoms with van der Waals surface area (Å²) in [6.07, 6.45) is 1.18. The molecule has 1 rings (SSSR count). The van der Waals surface area contributed by atoms with E-state index < -0.39 is 10.4 Å². The van der Waals surface area contributed by atoms with Crippen molar-refractivity contribution in [3.05, 3.63) is 49.1 Å². The van der Waals surface area contributed by atoms with Crippen LogP contribution < -0.4 is 51.4 Å². The zero-order valence-electron chi connectivity index (χ0n) is 8.50. The molecule has 0 radical (unpaired) electrons. The standard InChI is InChI=1S/C6H6.C3H6O4S.K/c1-2-4-6-5-3-1;1-2-3-7-8(4,5)6;/h1-6H;2H,1,3H2,(H,4,5,6);/q;;+1/p-1. The average Bonchev–Trinajstić information content (AvgIpc) is 2.17. The zero-order chi connectivity index (χ0) is 10.9. The van der Waals surface area contributed by atoms with Crippen molar-refractivity contribution in [3.8, 4) is 0 Å².